The Morgan fingerprint density at radius 1 is 1.20 bits per heavy atom. The van der Waals surface area contributed by atoms with Crippen LogP contribution >= 0.6 is 0 Å². The molecule has 1 amide bonds. The van der Waals surface area contributed by atoms with Gasteiger partial charge in [-0.2, -0.15) is 10.2 Å². The Kier molecular flexibility index (Phi) is 4.09. The quantitative estimate of drug-likeness (QED) is 0.475. The number of imidazole rings is 1. The number of hydrogen-bond acceptors (Lipinski definition) is 6. The van der Waals surface area contributed by atoms with Gasteiger partial charge in [0.15, 0.2) is 11.5 Å². The van der Waals surface area contributed by atoms with Crippen LogP contribution < -0.4 is 5.32 Å². The highest BCUT2D eigenvalue weighted by Gasteiger charge is 2.16. The first-order valence-corrected chi connectivity index (χ1v) is 8.97. The summed E-state index contributed by atoms with van der Waals surface area (Å²) in [5.41, 5.74) is 4.28. The lowest BCUT2D eigenvalue weighted by Crippen LogP contribution is -2.12. The van der Waals surface area contributed by atoms with Gasteiger partial charge in [0.05, 0.1) is 29.5 Å². The van der Waals surface area contributed by atoms with E-state index in [0.717, 1.165) is 16.8 Å². The van der Waals surface area contributed by atoms with E-state index in [9.17, 15) is 9.18 Å². The van der Waals surface area contributed by atoms with Gasteiger partial charge in [-0.05, 0) is 43.3 Å². The first-order chi connectivity index (χ1) is 14.6. The van der Waals surface area contributed by atoms with E-state index in [-0.39, 0.29) is 11.7 Å². The van der Waals surface area contributed by atoms with Crippen molar-refractivity contribution in [2.45, 2.75) is 6.92 Å². The third kappa shape index (κ3) is 3.09. The molecule has 0 bridgehead atoms. The molecule has 9 nitrogen and oxygen atoms in total. The number of anilines is 1. The summed E-state index contributed by atoms with van der Waals surface area (Å²) in [6.07, 6.45) is 4.55. The zero-order valence-corrected chi connectivity index (χ0v) is 15.6. The molecule has 0 saturated heterocycles. The molecular weight excluding hydrogens is 389 g/mol. The summed E-state index contributed by atoms with van der Waals surface area (Å²) in [6.45, 7) is 1.68. The summed E-state index contributed by atoms with van der Waals surface area (Å²) < 4.78 is 19.6. The molecule has 0 saturated carbocycles. The standard InChI is InChI=1S/C20H14FN7O2/c1-11-15(10-30-27-11)20(29)24-17-9-28-18(23-17)7-6-16(26-28)14-8-22-25-19(14)12-2-4-13(21)5-3-12/h2-10H,1H3,(H,22,25)(H,24,29). The normalized spacial score (nSPS) is 11.1. The molecule has 30 heavy (non-hydrogen) atoms. The summed E-state index contributed by atoms with van der Waals surface area (Å²) in [5, 5.41) is 18.0. The summed E-state index contributed by atoms with van der Waals surface area (Å²) in [6, 6.07) is 9.70. The molecule has 1 aromatic carbocycles. The highest BCUT2D eigenvalue weighted by molar-refractivity contribution is 6.04. The van der Waals surface area contributed by atoms with Gasteiger partial charge in [-0.25, -0.2) is 13.9 Å². The van der Waals surface area contributed by atoms with Crippen molar-refractivity contribution in [1.82, 2.24) is 30.0 Å². The molecule has 5 aromatic rings. The van der Waals surface area contributed by atoms with Crippen LogP contribution in [0.2, 0.25) is 0 Å². The minimum absolute atomic E-state index is 0.311. The fourth-order valence-corrected chi connectivity index (χ4v) is 3.10. The van der Waals surface area contributed by atoms with Gasteiger partial charge in [-0.3, -0.25) is 9.89 Å². The van der Waals surface area contributed by atoms with Crippen LogP contribution in [-0.2, 0) is 0 Å². The van der Waals surface area contributed by atoms with E-state index in [1.807, 2.05) is 0 Å². The Bertz CT molecular complexity index is 1370. The molecule has 2 N–H and O–H groups in total. The van der Waals surface area contributed by atoms with E-state index < -0.39 is 0 Å². The van der Waals surface area contributed by atoms with Crippen molar-refractivity contribution in [2.75, 3.05) is 5.32 Å². The summed E-state index contributed by atoms with van der Waals surface area (Å²) in [4.78, 5) is 16.7. The van der Waals surface area contributed by atoms with E-state index in [0.29, 0.717) is 28.4 Å². The number of benzene rings is 1. The van der Waals surface area contributed by atoms with Gasteiger partial charge in [-0.1, -0.05) is 5.16 Å². The largest absolute Gasteiger partial charge is 0.364 e. The van der Waals surface area contributed by atoms with Crippen molar-refractivity contribution in [2.24, 2.45) is 0 Å². The van der Waals surface area contributed by atoms with E-state index in [4.69, 9.17) is 4.52 Å². The van der Waals surface area contributed by atoms with Crippen LogP contribution in [0, 0.1) is 12.7 Å². The molecule has 4 heterocycles. The minimum Gasteiger partial charge on any atom is -0.364 e. The number of carbonyl (C=O) groups is 1. The lowest BCUT2D eigenvalue weighted by Gasteiger charge is -2.03. The number of aromatic nitrogens is 6. The maximum absolute atomic E-state index is 13.2. The van der Waals surface area contributed by atoms with Crippen molar-refractivity contribution in [3.8, 4) is 22.5 Å². The van der Waals surface area contributed by atoms with Gasteiger partial charge < -0.3 is 9.84 Å². The van der Waals surface area contributed by atoms with Gasteiger partial charge in [0.1, 0.15) is 17.6 Å². The molecule has 148 valence electrons. The number of nitrogens with zero attached hydrogens (tertiary/aromatic N) is 5. The molecule has 0 spiro atoms. The molecule has 0 fully saturated rings. The summed E-state index contributed by atoms with van der Waals surface area (Å²) >= 11 is 0. The van der Waals surface area contributed by atoms with Crippen LogP contribution in [0.25, 0.3) is 28.2 Å². The van der Waals surface area contributed by atoms with Gasteiger partial charge in [0.2, 0.25) is 0 Å². The van der Waals surface area contributed by atoms with Crippen molar-refractivity contribution >= 4 is 17.4 Å². The van der Waals surface area contributed by atoms with E-state index >= 15 is 0 Å². The van der Waals surface area contributed by atoms with Crippen molar-refractivity contribution in [1.29, 1.82) is 0 Å². The lowest BCUT2D eigenvalue weighted by molar-refractivity contribution is 0.102. The summed E-state index contributed by atoms with van der Waals surface area (Å²) in [7, 11) is 0. The number of aromatic amines is 1. The fraction of sp³-hybridized carbons (Fsp3) is 0.0500. The average molecular weight is 403 g/mol. The maximum atomic E-state index is 13.2. The molecule has 0 aliphatic heterocycles. The first-order valence-electron chi connectivity index (χ1n) is 8.97. The Morgan fingerprint density at radius 3 is 2.80 bits per heavy atom. The smallest absolute Gasteiger partial charge is 0.262 e. The Hall–Kier alpha value is -4.34. The van der Waals surface area contributed by atoms with Crippen molar-refractivity contribution in [3.63, 3.8) is 0 Å². The Balaban J connectivity index is 1.47. The zero-order valence-electron chi connectivity index (χ0n) is 15.6. The molecule has 0 aliphatic carbocycles. The zero-order chi connectivity index (χ0) is 20.7. The molecule has 0 atom stereocenters. The van der Waals surface area contributed by atoms with E-state index in [1.165, 1.54) is 18.4 Å². The number of nitrogens with one attached hydrogen (secondary N) is 2. The number of H-pyrrole nitrogens is 1. The molecule has 5 rings (SSSR count). The van der Waals surface area contributed by atoms with Gasteiger partial charge in [-0.15, -0.1) is 0 Å². The van der Waals surface area contributed by atoms with Crippen LogP contribution in [0.1, 0.15) is 16.1 Å². The predicted octanol–water partition coefficient (Wildman–Crippen LogP) is 3.47. The molecule has 0 radical (unpaired) electrons. The average Bonchev–Trinajstić information content (AvgIpc) is 3.46. The van der Waals surface area contributed by atoms with Crippen molar-refractivity contribution in [3.05, 3.63) is 72.1 Å². The first kappa shape index (κ1) is 17.7. The van der Waals surface area contributed by atoms with E-state index in [1.54, 1.807) is 48.1 Å². The van der Waals surface area contributed by atoms with Gasteiger partial charge in [0, 0.05) is 11.1 Å². The Morgan fingerprint density at radius 2 is 2.03 bits per heavy atom. The van der Waals surface area contributed by atoms with E-state index in [2.05, 4.69) is 30.8 Å². The number of amides is 1. The minimum atomic E-state index is -0.370. The lowest BCUT2D eigenvalue weighted by atomic mass is 10.1. The molecule has 0 unspecified atom stereocenters. The van der Waals surface area contributed by atoms with Gasteiger partial charge >= 0.3 is 0 Å². The van der Waals surface area contributed by atoms with Crippen molar-refractivity contribution < 1.29 is 13.7 Å². The maximum Gasteiger partial charge on any atom is 0.262 e. The number of aryl methyl sites for hydroxylation is 1. The SMILES string of the molecule is Cc1nocc1C(=O)Nc1cn2nc(-c3cn[nH]c3-c3ccc(F)cc3)ccc2n1. The second-order valence-corrected chi connectivity index (χ2v) is 6.58. The Labute approximate surface area is 168 Å². The second kappa shape index (κ2) is 6.92. The number of halogens is 1. The highest BCUT2D eigenvalue weighted by atomic mass is 19.1. The van der Waals surface area contributed by atoms with Crippen LogP contribution in [0.4, 0.5) is 10.2 Å². The van der Waals surface area contributed by atoms with Crippen LogP contribution in [0.3, 0.4) is 0 Å². The van der Waals surface area contributed by atoms with Crippen LogP contribution in [-0.4, -0.2) is 35.9 Å². The molecule has 10 heteroatoms. The second-order valence-electron chi connectivity index (χ2n) is 6.58. The fourth-order valence-electron chi connectivity index (χ4n) is 3.10. The third-order valence-corrected chi connectivity index (χ3v) is 4.60. The molecular formula is C20H14FN7O2. The van der Waals surface area contributed by atoms with Gasteiger partial charge in [0.25, 0.3) is 5.91 Å². The topological polar surface area (TPSA) is 114 Å². The summed E-state index contributed by atoms with van der Waals surface area (Å²) in [5.74, 6) is -0.337. The molecule has 0 aliphatic rings. The number of hydrogen-bond donors (Lipinski definition) is 2. The number of rotatable bonds is 4. The number of fused-ring (bicyclic) bond motifs is 1. The predicted molar refractivity (Wildman–Crippen MR) is 105 cm³/mol. The third-order valence-electron chi connectivity index (χ3n) is 4.60. The monoisotopic (exact) mass is 403 g/mol. The molecule has 4 aromatic heterocycles. The van der Waals surface area contributed by atoms with Crippen LogP contribution in [0.5, 0.6) is 0 Å². The highest BCUT2D eigenvalue weighted by Crippen LogP contribution is 2.29. The number of carbonyl (C=O) groups excluding carboxylic acids is 1. The van der Waals surface area contributed by atoms with Crippen LogP contribution in [0.15, 0.2) is 59.6 Å².